The minimum Gasteiger partial charge on any atom is -0.478 e. The lowest BCUT2D eigenvalue weighted by atomic mass is 10.3. The van der Waals surface area contributed by atoms with Gasteiger partial charge in [0.15, 0.2) is 3.92 Å². The maximum Gasteiger partial charge on any atom is 0.337 e. The van der Waals surface area contributed by atoms with Crippen LogP contribution in [0.4, 0.5) is 0 Å². The number of aromatic nitrogens is 2. The van der Waals surface area contributed by atoms with Crippen molar-refractivity contribution < 1.29 is 9.90 Å². The Morgan fingerprint density at radius 3 is 3.08 bits per heavy atom. The standard InChI is InChI=1S/C7H3BrN2O2S/c8-7-10-4-1-3(6(11)12)2-9-5(4)13-7/h1-2H,(H,11,12). The first-order valence-corrected chi connectivity index (χ1v) is 4.93. The summed E-state index contributed by atoms with van der Waals surface area (Å²) in [6.07, 6.45) is 1.33. The highest BCUT2D eigenvalue weighted by Crippen LogP contribution is 2.24. The summed E-state index contributed by atoms with van der Waals surface area (Å²) in [7, 11) is 0. The number of hydrogen-bond acceptors (Lipinski definition) is 4. The van der Waals surface area contributed by atoms with Crippen molar-refractivity contribution >= 4 is 43.6 Å². The van der Waals surface area contributed by atoms with Gasteiger partial charge >= 0.3 is 5.97 Å². The quantitative estimate of drug-likeness (QED) is 0.852. The summed E-state index contributed by atoms with van der Waals surface area (Å²) >= 11 is 4.58. The fraction of sp³-hybridized carbons (Fsp3) is 0. The van der Waals surface area contributed by atoms with Crippen molar-refractivity contribution in [3.05, 3.63) is 21.7 Å². The van der Waals surface area contributed by atoms with Crippen LogP contribution in [0.2, 0.25) is 0 Å². The van der Waals surface area contributed by atoms with Crippen molar-refractivity contribution in [1.82, 2.24) is 9.97 Å². The van der Waals surface area contributed by atoms with Gasteiger partial charge in [0.1, 0.15) is 10.3 Å². The number of carbonyl (C=O) groups is 1. The van der Waals surface area contributed by atoms with Gasteiger partial charge in [0.05, 0.1) is 5.56 Å². The van der Waals surface area contributed by atoms with Gasteiger partial charge in [-0.05, 0) is 22.0 Å². The zero-order valence-corrected chi connectivity index (χ0v) is 8.59. The van der Waals surface area contributed by atoms with Crippen LogP contribution in [0.25, 0.3) is 10.3 Å². The van der Waals surface area contributed by atoms with Crippen molar-refractivity contribution in [3.63, 3.8) is 0 Å². The Balaban J connectivity index is 2.67. The summed E-state index contributed by atoms with van der Waals surface area (Å²) in [6, 6.07) is 1.51. The number of thiazole rings is 1. The van der Waals surface area contributed by atoms with Crippen molar-refractivity contribution in [2.45, 2.75) is 0 Å². The maximum absolute atomic E-state index is 10.6. The Kier molecular flexibility index (Phi) is 2.01. The average molecular weight is 259 g/mol. The summed E-state index contributed by atoms with van der Waals surface area (Å²) in [4.78, 5) is 19.3. The first kappa shape index (κ1) is 8.58. The molecule has 0 unspecified atom stereocenters. The smallest absolute Gasteiger partial charge is 0.337 e. The first-order chi connectivity index (χ1) is 6.16. The lowest BCUT2D eigenvalue weighted by Crippen LogP contribution is -1.96. The SMILES string of the molecule is O=C(O)c1cnc2sc(Br)nc2c1. The lowest BCUT2D eigenvalue weighted by Gasteiger charge is -1.91. The van der Waals surface area contributed by atoms with Crippen LogP contribution in [-0.2, 0) is 0 Å². The Bertz CT molecular complexity index is 482. The average Bonchev–Trinajstić information content (AvgIpc) is 2.42. The molecule has 2 aromatic rings. The molecule has 0 saturated heterocycles. The summed E-state index contributed by atoms with van der Waals surface area (Å²) in [5, 5.41) is 8.67. The van der Waals surface area contributed by atoms with Gasteiger partial charge in [-0.15, -0.1) is 0 Å². The predicted molar refractivity (Wildman–Crippen MR) is 52.1 cm³/mol. The minimum atomic E-state index is -0.987. The summed E-state index contributed by atoms with van der Waals surface area (Å²) in [5.41, 5.74) is 0.766. The molecule has 0 atom stereocenters. The van der Waals surface area contributed by atoms with Crippen molar-refractivity contribution in [2.75, 3.05) is 0 Å². The highest BCUT2D eigenvalue weighted by Gasteiger charge is 2.07. The van der Waals surface area contributed by atoms with E-state index in [9.17, 15) is 4.79 Å². The van der Waals surface area contributed by atoms with Crippen LogP contribution in [0, 0.1) is 0 Å². The second-order valence-electron chi connectivity index (χ2n) is 2.32. The van der Waals surface area contributed by atoms with E-state index in [4.69, 9.17) is 5.11 Å². The van der Waals surface area contributed by atoms with E-state index in [1.54, 1.807) is 0 Å². The zero-order valence-electron chi connectivity index (χ0n) is 6.19. The van der Waals surface area contributed by atoms with Crippen LogP contribution in [0.3, 0.4) is 0 Å². The van der Waals surface area contributed by atoms with Gasteiger partial charge in [0.2, 0.25) is 0 Å². The van der Waals surface area contributed by atoms with E-state index in [1.807, 2.05) is 0 Å². The van der Waals surface area contributed by atoms with Gasteiger partial charge in [-0.25, -0.2) is 14.8 Å². The Labute approximate surface area is 85.4 Å². The molecule has 0 aliphatic rings. The lowest BCUT2D eigenvalue weighted by molar-refractivity contribution is 0.0696. The molecule has 4 nitrogen and oxygen atoms in total. The molecular weight excluding hydrogens is 256 g/mol. The summed E-state index contributed by atoms with van der Waals surface area (Å²) in [6.45, 7) is 0. The van der Waals surface area contributed by atoms with E-state index in [2.05, 4.69) is 25.9 Å². The van der Waals surface area contributed by atoms with Crippen molar-refractivity contribution in [1.29, 1.82) is 0 Å². The topological polar surface area (TPSA) is 63.1 Å². The second-order valence-corrected chi connectivity index (χ2v) is 4.57. The monoisotopic (exact) mass is 258 g/mol. The fourth-order valence-electron chi connectivity index (χ4n) is 0.914. The van der Waals surface area contributed by atoms with E-state index in [0.29, 0.717) is 9.43 Å². The fourth-order valence-corrected chi connectivity index (χ4v) is 2.18. The normalized spacial score (nSPS) is 10.5. The van der Waals surface area contributed by atoms with Gasteiger partial charge in [-0.2, -0.15) is 0 Å². The molecular formula is C7H3BrN2O2S. The summed E-state index contributed by atoms with van der Waals surface area (Å²) in [5.74, 6) is -0.987. The van der Waals surface area contributed by atoms with Crippen molar-refractivity contribution in [2.24, 2.45) is 0 Å². The van der Waals surface area contributed by atoms with Gasteiger partial charge in [0.25, 0.3) is 0 Å². The molecule has 0 amide bonds. The molecule has 0 spiro atoms. The molecule has 0 aliphatic heterocycles. The minimum absolute atomic E-state index is 0.158. The molecule has 2 heterocycles. The number of halogens is 1. The molecule has 0 bridgehead atoms. The maximum atomic E-state index is 10.6. The molecule has 0 aromatic carbocycles. The van der Waals surface area contributed by atoms with Crippen LogP contribution < -0.4 is 0 Å². The molecule has 0 saturated carbocycles. The van der Waals surface area contributed by atoms with Gasteiger partial charge < -0.3 is 5.11 Å². The van der Waals surface area contributed by atoms with Crippen LogP contribution in [0.5, 0.6) is 0 Å². The molecule has 0 fully saturated rings. The highest BCUT2D eigenvalue weighted by atomic mass is 79.9. The van der Waals surface area contributed by atoms with Crippen LogP contribution in [0.15, 0.2) is 16.2 Å². The van der Waals surface area contributed by atoms with E-state index >= 15 is 0 Å². The zero-order chi connectivity index (χ0) is 9.42. The Morgan fingerprint density at radius 1 is 1.62 bits per heavy atom. The third-order valence-electron chi connectivity index (χ3n) is 1.47. The van der Waals surface area contributed by atoms with Crippen LogP contribution in [-0.4, -0.2) is 21.0 Å². The third-order valence-corrected chi connectivity index (χ3v) is 2.90. The van der Waals surface area contributed by atoms with E-state index < -0.39 is 5.97 Å². The number of carboxylic acids is 1. The number of nitrogens with zero attached hydrogens (tertiary/aromatic N) is 2. The number of rotatable bonds is 1. The molecule has 0 aliphatic carbocycles. The Morgan fingerprint density at radius 2 is 2.38 bits per heavy atom. The van der Waals surface area contributed by atoms with Gasteiger partial charge in [-0.1, -0.05) is 11.3 Å². The van der Waals surface area contributed by atoms with Crippen molar-refractivity contribution in [3.8, 4) is 0 Å². The number of pyridine rings is 1. The van der Waals surface area contributed by atoms with Crippen LogP contribution >= 0.6 is 27.3 Å². The number of hydrogen-bond donors (Lipinski definition) is 1. The predicted octanol–water partition coefficient (Wildman–Crippen LogP) is 2.15. The summed E-state index contributed by atoms with van der Waals surface area (Å²) < 4.78 is 0.706. The third kappa shape index (κ3) is 1.54. The number of aromatic carboxylic acids is 1. The first-order valence-electron chi connectivity index (χ1n) is 3.32. The second kappa shape index (κ2) is 3.04. The molecule has 13 heavy (non-hydrogen) atoms. The molecule has 66 valence electrons. The highest BCUT2D eigenvalue weighted by molar-refractivity contribution is 9.11. The molecule has 1 N–H and O–H groups in total. The molecule has 6 heteroatoms. The Hall–Kier alpha value is -1.01. The molecule has 2 aromatic heterocycles. The van der Waals surface area contributed by atoms with Crippen LogP contribution in [0.1, 0.15) is 10.4 Å². The molecule has 0 radical (unpaired) electrons. The van der Waals surface area contributed by atoms with Gasteiger partial charge in [-0.3, -0.25) is 0 Å². The number of fused-ring (bicyclic) bond motifs is 1. The molecule has 2 rings (SSSR count). The largest absolute Gasteiger partial charge is 0.478 e. The van der Waals surface area contributed by atoms with E-state index in [0.717, 1.165) is 4.83 Å². The van der Waals surface area contributed by atoms with E-state index in [1.165, 1.54) is 23.6 Å². The number of carboxylic acid groups (broad SMARTS) is 1. The van der Waals surface area contributed by atoms with Gasteiger partial charge in [0, 0.05) is 6.20 Å². The van der Waals surface area contributed by atoms with E-state index in [-0.39, 0.29) is 5.56 Å².